The standard InChI is InChI=1S/C26H29NO4/c1-4-14-30-22-15-18(2)26(19(3)16-22)23-6-5-7-24(27-23)31-17-21-10-8-20(9-11-21)12-13-25(28)29/h5-11,15-16H,4,12-14,17H2,1-3H3,(H,28,29). The number of pyridine rings is 1. The number of carboxylic acids is 1. The van der Waals surface area contributed by atoms with Gasteiger partial charge >= 0.3 is 5.97 Å². The van der Waals surface area contributed by atoms with Gasteiger partial charge in [0.2, 0.25) is 5.88 Å². The van der Waals surface area contributed by atoms with Crippen LogP contribution >= 0.6 is 0 Å². The molecule has 0 atom stereocenters. The zero-order valence-electron chi connectivity index (χ0n) is 18.4. The number of hydrogen-bond acceptors (Lipinski definition) is 4. The first-order valence-corrected chi connectivity index (χ1v) is 10.6. The van der Waals surface area contributed by atoms with Crippen molar-refractivity contribution >= 4 is 5.97 Å². The molecule has 0 bridgehead atoms. The van der Waals surface area contributed by atoms with E-state index in [9.17, 15) is 4.79 Å². The molecule has 31 heavy (non-hydrogen) atoms. The van der Waals surface area contributed by atoms with E-state index in [4.69, 9.17) is 19.6 Å². The minimum Gasteiger partial charge on any atom is -0.494 e. The molecule has 0 aliphatic carbocycles. The van der Waals surface area contributed by atoms with Gasteiger partial charge in [-0.25, -0.2) is 4.98 Å². The van der Waals surface area contributed by atoms with Crippen molar-refractivity contribution < 1.29 is 19.4 Å². The summed E-state index contributed by atoms with van der Waals surface area (Å²) in [5.74, 6) is 0.671. The van der Waals surface area contributed by atoms with E-state index < -0.39 is 5.97 Å². The maximum Gasteiger partial charge on any atom is 0.303 e. The number of aliphatic carboxylic acids is 1. The summed E-state index contributed by atoms with van der Waals surface area (Å²) in [6.45, 7) is 7.35. The van der Waals surface area contributed by atoms with Crippen LogP contribution in [0.15, 0.2) is 54.6 Å². The average Bonchev–Trinajstić information content (AvgIpc) is 2.75. The van der Waals surface area contributed by atoms with Crippen LogP contribution in [0.25, 0.3) is 11.3 Å². The van der Waals surface area contributed by atoms with Crippen molar-refractivity contribution in [3.05, 3.63) is 76.9 Å². The zero-order valence-corrected chi connectivity index (χ0v) is 18.4. The number of aryl methyl sites for hydroxylation is 3. The van der Waals surface area contributed by atoms with Crippen LogP contribution in [-0.2, 0) is 17.8 Å². The summed E-state index contributed by atoms with van der Waals surface area (Å²) in [5, 5.41) is 8.79. The molecule has 0 radical (unpaired) electrons. The Morgan fingerprint density at radius 3 is 2.29 bits per heavy atom. The Kier molecular flexibility index (Phi) is 7.65. The zero-order chi connectivity index (χ0) is 22.2. The summed E-state index contributed by atoms with van der Waals surface area (Å²) < 4.78 is 11.7. The maximum absolute atomic E-state index is 10.7. The van der Waals surface area contributed by atoms with E-state index in [0.717, 1.165) is 45.7 Å². The predicted octanol–water partition coefficient (Wildman–Crippen LogP) is 5.75. The number of carboxylic acid groups (broad SMARTS) is 1. The molecule has 2 aromatic carbocycles. The van der Waals surface area contributed by atoms with Gasteiger partial charge in [0.05, 0.1) is 12.3 Å². The fourth-order valence-electron chi connectivity index (χ4n) is 3.48. The average molecular weight is 420 g/mol. The molecule has 0 saturated carbocycles. The maximum atomic E-state index is 10.7. The predicted molar refractivity (Wildman–Crippen MR) is 122 cm³/mol. The molecule has 1 aromatic heterocycles. The second-order valence-electron chi connectivity index (χ2n) is 7.64. The van der Waals surface area contributed by atoms with Crippen molar-refractivity contribution in [2.75, 3.05) is 6.61 Å². The Bertz CT molecular complexity index is 1000. The second kappa shape index (κ2) is 10.6. The van der Waals surface area contributed by atoms with Crippen LogP contribution in [0, 0.1) is 13.8 Å². The first kappa shape index (κ1) is 22.3. The Labute approximate surface area is 183 Å². The topological polar surface area (TPSA) is 68.7 Å². The third kappa shape index (κ3) is 6.32. The third-order valence-electron chi connectivity index (χ3n) is 5.00. The minimum atomic E-state index is -0.785. The summed E-state index contributed by atoms with van der Waals surface area (Å²) in [4.78, 5) is 15.4. The van der Waals surface area contributed by atoms with E-state index in [1.807, 2.05) is 42.5 Å². The molecule has 0 fully saturated rings. The van der Waals surface area contributed by atoms with Gasteiger partial charge in [0.1, 0.15) is 12.4 Å². The summed E-state index contributed by atoms with van der Waals surface area (Å²) in [6.07, 6.45) is 1.64. The molecule has 1 N–H and O–H groups in total. The highest BCUT2D eigenvalue weighted by Gasteiger charge is 2.11. The molecule has 1 heterocycles. The summed E-state index contributed by atoms with van der Waals surface area (Å²) in [6, 6.07) is 17.7. The van der Waals surface area contributed by atoms with E-state index in [-0.39, 0.29) is 6.42 Å². The highest BCUT2D eigenvalue weighted by molar-refractivity contribution is 5.69. The van der Waals surface area contributed by atoms with Crippen LogP contribution in [0.2, 0.25) is 0 Å². The molecule has 3 aromatic rings. The van der Waals surface area contributed by atoms with Gasteiger partial charge in [0.15, 0.2) is 0 Å². The Balaban J connectivity index is 1.69. The fourth-order valence-corrected chi connectivity index (χ4v) is 3.48. The van der Waals surface area contributed by atoms with Gasteiger partial charge in [-0.05, 0) is 67.1 Å². The lowest BCUT2D eigenvalue weighted by Gasteiger charge is -2.14. The largest absolute Gasteiger partial charge is 0.494 e. The number of rotatable bonds is 10. The molecule has 0 aliphatic heterocycles. The van der Waals surface area contributed by atoms with E-state index in [1.54, 1.807) is 0 Å². The van der Waals surface area contributed by atoms with Gasteiger partial charge in [0, 0.05) is 18.1 Å². The van der Waals surface area contributed by atoms with Crippen molar-refractivity contribution in [1.82, 2.24) is 4.98 Å². The van der Waals surface area contributed by atoms with E-state index in [2.05, 4.69) is 32.9 Å². The van der Waals surface area contributed by atoms with Gasteiger partial charge in [-0.15, -0.1) is 0 Å². The lowest BCUT2D eigenvalue weighted by Crippen LogP contribution is -2.01. The van der Waals surface area contributed by atoms with Crippen molar-refractivity contribution in [1.29, 1.82) is 0 Å². The van der Waals surface area contributed by atoms with Crippen molar-refractivity contribution in [2.24, 2.45) is 0 Å². The summed E-state index contributed by atoms with van der Waals surface area (Å²) in [5.41, 5.74) is 6.22. The van der Waals surface area contributed by atoms with E-state index in [1.165, 1.54) is 0 Å². The van der Waals surface area contributed by atoms with Crippen LogP contribution in [0.1, 0.15) is 42.0 Å². The number of aromatic nitrogens is 1. The van der Waals surface area contributed by atoms with Crippen molar-refractivity contribution in [3.8, 4) is 22.9 Å². The van der Waals surface area contributed by atoms with Crippen LogP contribution in [0.5, 0.6) is 11.6 Å². The van der Waals surface area contributed by atoms with Crippen LogP contribution < -0.4 is 9.47 Å². The number of benzene rings is 2. The molecule has 0 amide bonds. The Hall–Kier alpha value is -3.34. The lowest BCUT2D eigenvalue weighted by molar-refractivity contribution is -0.136. The van der Waals surface area contributed by atoms with Gasteiger partial charge in [-0.3, -0.25) is 4.79 Å². The molecular formula is C26H29NO4. The first-order valence-electron chi connectivity index (χ1n) is 10.6. The molecule has 5 heteroatoms. The molecule has 0 saturated heterocycles. The summed E-state index contributed by atoms with van der Waals surface area (Å²) in [7, 11) is 0. The van der Waals surface area contributed by atoms with E-state index in [0.29, 0.717) is 25.5 Å². The van der Waals surface area contributed by atoms with Crippen LogP contribution in [-0.4, -0.2) is 22.7 Å². The molecule has 3 rings (SSSR count). The SMILES string of the molecule is CCCOc1cc(C)c(-c2cccc(OCc3ccc(CCC(=O)O)cc3)n2)c(C)c1. The molecule has 0 spiro atoms. The monoisotopic (exact) mass is 419 g/mol. The Morgan fingerprint density at radius 1 is 0.968 bits per heavy atom. The van der Waals surface area contributed by atoms with Gasteiger partial charge in [-0.1, -0.05) is 37.3 Å². The normalized spacial score (nSPS) is 10.7. The quantitative estimate of drug-likeness (QED) is 0.453. The summed E-state index contributed by atoms with van der Waals surface area (Å²) >= 11 is 0. The molecule has 5 nitrogen and oxygen atoms in total. The van der Waals surface area contributed by atoms with Gasteiger partial charge < -0.3 is 14.6 Å². The third-order valence-corrected chi connectivity index (χ3v) is 5.00. The molecule has 162 valence electrons. The lowest BCUT2D eigenvalue weighted by atomic mass is 9.99. The number of nitrogens with zero attached hydrogens (tertiary/aromatic N) is 1. The highest BCUT2D eigenvalue weighted by atomic mass is 16.5. The Morgan fingerprint density at radius 2 is 1.65 bits per heavy atom. The van der Waals surface area contributed by atoms with E-state index >= 15 is 0 Å². The fraction of sp³-hybridized carbons (Fsp3) is 0.308. The van der Waals surface area contributed by atoms with Gasteiger partial charge in [0.25, 0.3) is 0 Å². The molecule has 0 aliphatic rings. The van der Waals surface area contributed by atoms with Crippen LogP contribution in [0.4, 0.5) is 0 Å². The highest BCUT2D eigenvalue weighted by Crippen LogP contribution is 2.31. The first-order chi connectivity index (χ1) is 15.0. The second-order valence-corrected chi connectivity index (χ2v) is 7.64. The number of hydrogen-bond donors (Lipinski definition) is 1. The van der Waals surface area contributed by atoms with Crippen molar-refractivity contribution in [2.45, 2.75) is 46.6 Å². The number of carbonyl (C=O) groups is 1. The molecular weight excluding hydrogens is 390 g/mol. The van der Waals surface area contributed by atoms with Crippen molar-refractivity contribution in [3.63, 3.8) is 0 Å². The minimum absolute atomic E-state index is 0.136. The van der Waals surface area contributed by atoms with Gasteiger partial charge in [-0.2, -0.15) is 0 Å². The molecule has 0 unspecified atom stereocenters. The van der Waals surface area contributed by atoms with Crippen LogP contribution in [0.3, 0.4) is 0 Å². The smallest absolute Gasteiger partial charge is 0.303 e. The number of ether oxygens (including phenoxy) is 2.